The highest BCUT2D eigenvalue weighted by Gasteiger charge is 2.58. The topological polar surface area (TPSA) is 112 Å². The summed E-state index contributed by atoms with van der Waals surface area (Å²) < 4.78 is 22.1. The molecule has 0 aromatic rings. The zero-order chi connectivity index (χ0) is 21.6. The van der Waals surface area contributed by atoms with Crippen molar-refractivity contribution in [2.45, 2.75) is 70.1 Å². The lowest BCUT2D eigenvalue weighted by Gasteiger charge is -2.40. The van der Waals surface area contributed by atoms with Crippen LogP contribution in [0.15, 0.2) is 34.6 Å². The quantitative estimate of drug-likeness (QED) is 0.534. The van der Waals surface area contributed by atoms with E-state index in [1.165, 1.54) is 14.0 Å². The van der Waals surface area contributed by atoms with Gasteiger partial charge in [-0.25, -0.2) is 9.59 Å². The highest BCUT2D eigenvalue weighted by atomic mass is 16.7. The number of hydrogen-bond acceptors (Lipinski definition) is 8. The molecule has 8 heteroatoms. The van der Waals surface area contributed by atoms with Gasteiger partial charge in [0, 0.05) is 31.1 Å². The molecule has 0 radical (unpaired) electrons. The molecule has 8 nitrogen and oxygen atoms in total. The molecule has 0 aliphatic carbocycles. The van der Waals surface area contributed by atoms with E-state index in [-0.39, 0.29) is 30.8 Å². The van der Waals surface area contributed by atoms with Gasteiger partial charge in [0.25, 0.3) is 0 Å². The van der Waals surface area contributed by atoms with Crippen molar-refractivity contribution in [1.82, 2.24) is 0 Å². The van der Waals surface area contributed by atoms with Gasteiger partial charge in [0.15, 0.2) is 5.79 Å². The first kappa shape index (κ1) is 21.7. The Labute approximate surface area is 169 Å². The fourth-order valence-electron chi connectivity index (χ4n) is 3.94. The monoisotopic (exact) mass is 408 g/mol. The highest BCUT2D eigenvalue weighted by Crippen LogP contribution is 2.49. The molecule has 3 heterocycles. The number of allylic oxidation sites excluding steroid dienone is 1. The number of esters is 2. The Morgan fingerprint density at radius 2 is 2.03 bits per heavy atom. The molecule has 3 aliphatic rings. The number of carbonyl (C=O) groups is 2. The van der Waals surface area contributed by atoms with Crippen LogP contribution in [0.4, 0.5) is 0 Å². The van der Waals surface area contributed by atoms with E-state index in [0.29, 0.717) is 17.6 Å². The molecule has 0 aromatic heterocycles. The fourth-order valence-corrected chi connectivity index (χ4v) is 3.94. The molecule has 4 atom stereocenters. The summed E-state index contributed by atoms with van der Waals surface area (Å²) in [6, 6.07) is 0. The maximum atomic E-state index is 12.5. The summed E-state index contributed by atoms with van der Waals surface area (Å²) in [4.78, 5) is 25.0. The molecule has 2 N–H and O–H groups in total. The van der Waals surface area contributed by atoms with Crippen LogP contribution in [0.1, 0.15) is 47.0 Å². The van der Waals surface area contributed by atoms with Gasteiger partial charge in [-0.15, -0.1) is 0 Å². The van der Waals surface area contributed by atoms with Gasteiger partial charge in [-0.05, 0) is 40.2 Å². The molecule has 2 bridgehead atoms. The lowest BCUT2D eigenvalue weighted by atomic mass is 9.82. The van der Waals surface area contributed by atoms with Gasteiger partial charge in [-0.3, -0.25) is 0 Å². The van der Waals surface area contributed by atoms with Gasteiger partial charge in [0.2, 0.25) is 0 Å². The van der Waals surface area contributed by atoms with Crippen molar-refractivity contribution in [2.24, 2.45) is 0 Å². The summed E-state index contributed by atoms with van der Waals surface area (Å²) in [5.74, 6) is -2.85. The van der Waals surface area contributed by atoms with E-state index in [1.807, 2.05) is 0 Å². The zero-order valence-electron chi connectivity index (χ0n) is 17.4. The average Bonchev–Trinajstić information content (AvgIpc) is 3.11. The Hall–Kier alpha value is -2.00. The maximum Gasteiger partial charge on any atom is 0.342 e. The van der Waals surface area contributed by atoms with Crippen LogP contribution in [0.3, 0.4) is 0 Å². The summed E-state index contributed by atoms with van der Waals surface area (Å²) in [5, 5.41) is 22.2. The predicted molar refractivity (Wildman–Crippen MR) is 101 cm³/mol. The van der Waals surface area contributed by atoms with Crippen LogP contribution in [0.25, 0.3) is 0 Å². The molecular formula is C21H28O8. The van der Waals surface area contributed by atoms with Crippen molar-refractivity contribution < 1.29 is 38.7 Å². The molecule has 160 valence electrons. The van der Waals surface area contributed by atoms with E-state index in [9.17, 15) is 19.8 Å². The zero-order valence-corrected chi connectivity index (χ0v) is 17.4. The number of methoxy groups -OCH3 is 1. The second-order valence-electron chi connectivity index (χ2n) is 8.27. The van der Waals surface area contributed by atoms with Crippen molar-refractivity contribution in [3.05, 3.63) is 34.6 Å². The SMILES string of the molecule is C/C=C(\C)C(=O)O[C@H]1C[C@](C)(O)[C@@]2(O)CC[C@@](C)(/C=C3/OC(=O)C(COC)=C31)O2. The molecule has 1 saturated heterocycles. The molecule has 29 heavy (non-hydrogen) atoms. The number of hydrogen-bond donors (Lipinski definition) is 2. The van der Waals surface area contributed by atoms with Gasteiger partial charge in [0.1, 0.15) is 17.5 Å². The average molecular weight is 408 g/mol. The Bertz CT molecular complexity index is 821. The highest BCUT2D eigenvalue weighted by molar-refractivity contribution is 5.95. The molecule has 1 fully saturated rings. The second kappa shape index (κ2) is 7.36. The van der Waals surface area contributed by atoms with E-state index < -0.39 is 35.0 Å². The third-order valence-electron chi connectivity index (χ3n) is 5.88. The fraction of sp³-hybridized carbons (Fsp3) is 0.619. The van der Waals surface area contributed by atoms with Crippen LogP contribution in [0, 0.1) is 0 Å². The lowest BCUT2D eigenvalue weighted by molar-refractivity contribution is -0.298. The molecule has 0 amide bonds. The Kier molecular flexibility index (Phi) is 5.51. The summed E-state index contributed by atoms with van der Waals surface area (Å²) in [7, 11) is 1.44. The van der Waals surface area contributed by atoms with E-state index in [0.717, 1.165) is 0 Å². The van der Waals surface area contributed by atoms with Crippen LogP contribution in [-0.4, -0.2) is 59.0 Å². The first-order valence-electron chi connectivity index (χ1n) is 9.61. The third-order valence-corrected chi connectivity index (χ3v) is 5.88. The summed E-state index contributed by atoms with van der Waals surface area (Å²) >= 11 is 0. The Morgan fingerprint density at radius 1 is 1.34 bits per heavy atom. The van der Waals surface area contributed by atoms with Crippen LogP contribution in [0.2, 0.25) is 0 Å². The van der Waals surface area contributed by atoms with Crippen LogP contribution < -0.4 is 0 Å². The molecule has 0 aromatic carbocycles. The number of fused-ring (bicyclic) bond motifs is 3. The number of ether oxygens (including phenoxy) is 4. The number of carbonyl (C=O) groups excluding carboxylic acids is 2. The molecule has 0 saturated carbocycles. The number of aliphatic hydroxyl groups is 2. The third kappa shape index (κ3) is 3.77. The predicted octanol–water partition coefficient (Wildman–Crippen LogP) is 1.66. The largest absolute Gasteiger partial charge is 0.454 e. The van der Waals surface area contributed by atoms with Crippen molar-refractivity contribution in [1.29, 1.82) is 0 Å². The van der Waals surface area contributed by atoms with Gasteiger partial charge in [0.05, 0.1) is 17.8 Å². The van der Waals surface area contributed by atoms with Crippen molar-refractivity contribution in [2.75, 3.05) is 13.7 Å². The molecule has 3 aliphatic heterocycles. The number of rotatable bonds is 4. The lowest BCUT2D eigenvalue weighted by Crippen LogP contribution is -2.54. The van der Waals surface area contributed by atoms with Crippen molar-refractivity contribution in [3.8, 4) is 0 Å². The first-order chi connectivity index (χ1) is 13.5. The van der Waals surface area contributed by atoms with Crippen molar-refractivity contribution >= 4 is 11.9 Å². The van der Waals surface area contributed by atoms with Gasteiger partial charge < -0.3 is 29.2 Å². The van der Waals surface area contributed by atoms with E-state index in [1.54, 1.807) is 32.9 Å². The van der Waals surface area contributed by atoms with Gasteiger partial charge >= 0.3 is 11.9 Å². The molecule has 3 rings (SSSR count). The molecule has 0 spiro atoms. The minimum Gasteiger partial charge on any atom is -0.454 e. The summed E-state index contributed by atoms with van der Waals surface area (Å²) in [5.41, 5.74) is -1.83. The first-order valence-corrected chi connectivity index (χ1v) is 9.61. The van der Waals surface area contributed by atoms with Gasteiger partial charge in [-0.2, -0.15) is 0 Å². The van der Waals surface area contributed by atoms with E-state index in [4.69, 9.17) is 18.9 Å². The Balaban J connectivity index is 2.17. The minimum absolute atomic E-state index is 0.0495. The van der Waals surface area contributed by atoms with Gasteiger partial charge in [-0.1, -0.05) is 6.08 Å². The molecule has 0 unspecified atom stereocenters. The standard InChI is InChI=1S/C21H28O8/c1-6-12(2)17(22)27-15-10-20(4,24)21(25)8-7-19(3,29-21)9-14-16(15)13(11-26-5)18(23)28-14/h6,9,15,24-25H,7-8,10-11H2,1-5H3/b12-6+,14-9+/t15-,19-,20-,21+/m0/s1. The van der Waals surface area contributed by atoms with Crippen LogP contribution >= 0.6 is 0 Å². The molecular weight excluding hydrogens is 380 g/mol. The van der Waals surface area contributed by atoms with E-state index in [2.05, 4.69) is 0 Å². The van der Waals surface area contributed by atoms with Crippen LogP contribution in [0.5, 0.6) is 0 Å². The van der Waals surface area contributed by atoms with Crippen LogP contribution in [-0.2, 0) is 28.5 Å². The normalized spacial score (nSPS) is 39.1. The van der Waals surface area contributed by atoms with E-state index >= 15 is 0 Å². The second-order valence-corrected chi connectivity index (χ2v) is 8.27. The Morgan fingerprint density at radius 3 is 2.66 bits per heavy atom. The summed E-state index contributed by atoms with van der Waals surface area (Å²) in [6.07, 6.45) is 2.55. The maximum absolute atomic E-state index is 12.5. The van der Waals surface area contributed by atoms with Crippen molar-refractivity contribution in [3.63, 3.8) is 0 Å². The smallest absolute Gasteiger partial charge is 0.342 e. The summed E-state index contributed by atoms with van der Waals surface area (Å²) in [6.45, 7) is 6.43. The minimum atomic E-state index is -1.84.